The Balaban J connectivity index is 2.18. The second-order valence-corrected chi connectivity index (χ2v) is 3.11. The number of hydrogen-bond acceptors (Lipinski definition) is 5. The van der Waals surface area contributed by atoms with Crippen LogP contribution in [0, 0.1) is 0 Å². The number of hydrogen-bond donors (Lipinski definition) is 1. The monoisotopic (exact) mass is 208 g/mol. The second-order valence-electron chi connectivity index (χ2n) is 3.11. The van der Waals surface area contributed by atoms with Crippen LogP contribution in [0.15, 0.2) is 18.6 Å². The zero-order valence-corrected chi connectivity index (χ0v) is 8.38. The van der Waals surface area contributed by atoms with Gasteiger partial charge in [0.15, 0.2) is 0 Å². The van der Waals surface area contributed by atoms with Crippen molar-refractivity contribution in [3.8, 4) is 0 Å². The van der Waals surface area contributed by atoms with Crippen LogP contribution in [0.25, 0.3) is 0 Å². The molecule has 1 aromatic rings. The van der Waals surface area contributed by atoms with Crippen molar-refractivity contribution in [1.82, 2.24) is 20.4 Å². The Morgan fingerprint density at radius 2 is 2.60 bits per heavy atom. The van der Waals surface area contributed by atoms with E-state index in [0.717, 1.165) is 5.69 Å². The summed E-state index contributed by atoms with van der Waals surface area (Å²) in [7, 11) is 0. The number of amides is 1. The minimum absolute atomic E-state index is 0.166. The Labute approximate surface area is 87.2 Å². The van der Waals surface area contributed by atoms with Gasteiger partial charge in [0, 0.05) is 12.7 Å². The molecule has 1 amide bonds. The number of carbonyl (C=O) groups is 1. The maximum Gasteiger partial charge on any atom is 0.425 e. The SMILES string of the molecule is CCNN1C(=O)OCC1c1ccncn1. The lowest BCUT2D eigenvalue weighted by Gasteiger charge is -2.20. The minimum atomic E-state index is -0.361. The third kappa shape index (κ3) is 1.89. The standard InChI is InChI=1S/C9H12N4O2/c1-2-12-13-8(5-15-9(13)14)7-3-4-10-6-11-7/h3-4,6,8,12H,2,5H2,1H3. The predicted octanol–water partition coefficient (Wildman–Crippen LogP) is 0.494. The van der Waals surface area contributed by atoms with Crippen molar-refractivity contribution in [3.05, 3.63) is 24.3 Å². The molecule has 1 N–H and O–H groups in total. The lowest BCUT2D eigenvalue weighted by atomic mass is 10.2. The molecule has 0 bridgehead atoms. The average molecular weight is 208 g/mol. The van der Waals surface area contributed by atoms with E-state index in [1.54, 1.807) is 12.3 Å². The van der Waals surface area contributed by atoms with E-state index < -0.39 is 0 Å². The molecule has 15 heavy (non-hydrogen) atoms. The van der Waals surface area contributed by atoms with Crippen LogP contribution in [-0.2, 0) is 4.74 Å². The number of ether oxygens (including phenoxy) is 1. The molecule has 1 aromatic heterocycles. The van der Waals surface area contributed by atoms with Crippen LogP contribution in [0.3, 0.4) is 0 Å². The van der Waals surface area contributed by atoms with E-state index >= 15 is 0 Å². The van der Waals surface area contributed by atoms with Crippen LogP contribution in [-0.4, -0.2) is 34.2 Å². The first kappa shape index (κ1) is 9.85. The van der Waals surface area contributed by atoms with E-state index in [4.69, 9.17) is 4.74 Å². The zero-order valence-electron chi connectivity index (χ0n) is 8.38. The summed E-state index contributed by atoms with van der Waals surface area (Å²) >= 11 is 0. The Morgan fingerprint density at radius 1 is 1.73 bits per heavy atom. The molecule has 6 heteroatoms. The van der Waals surface area contributed by atoms with Gasteiger partial charge in [-0.15, -0.1) is 0 Å². The van der Waals surface area contributed by atoms with Crippen molar-refractivity contribution in [3.63, 3.8) is 0 Å². The molecule has 2 rings (SSSR count). The fourth-order valence-corrected chi connectivity index (χ4v) is 1.48. The molecule has 1 unspecified atom stereocenters. The fraction of sp³-hybridized carbons (Fsp3) is 0.444. The first-order valence-electron chi connectivity index (χ1n) is 4.78. The first-order chi connectivity index (χ1) is 7.33. The number of hydrazine groups is 1. The smallest absolute Gasteiger partial charge is 0.425 e. The third-order valence-corrected chi connectivity index (χ3v) is 2.15. The third-order valence-electron chi connectivity index (χ3n) is 2.15. The first-order valence-corrected chi connectivity index (χ1v) is 4.78. The van der Waals surface area contributed by atoms with Gasteiger partial charge in [-0.3, -0.25) is 0 Å². The summed E-state index contributed by atoms with van der Waals surface area (Å²) < 4.78 is 4.95. The van der Waals surface area contributed by atoms with Gasteiger partial charge in [0.1, 0.15) is 19.0 Å². The highest BCUT2D eigenvalue weighted by Gasteiger charge is 2.34. The molecule has 80 valence electrons. The normalized spacial score (nSPS) is 20.5. The van der Waals surface area contributed by atoms with Gasteiger partial charge in [-0.1, -0.05) is 6.92 Å². The molecule has 1 atom stereocenters. The molecule has 0 saturated carbocycles. The van der Waals surface area contributed by atoms with E-state index in [0.29, 0.717) is 13.2 Å². The zero-order chi connectivity index (χ0) is 10.7. The van der Waals surface area contributed by atoms with E-state index in [1.165, 1.54) is 11.3 Å². The topological polar surface area (TPSA) is 67.4 Å². The van der Waals surface area contributed by atoms with Gasteiger partial charge in [0.25, 0.3) is 0 Å². The molecule has 6 nitrogen and oxygen atoms in total. The molecule has 1 aliphatic heterocycles. The van der Waals surface area contributed by atoms with E-state index in [-0.39, 0.29) is 12.1 Å². The maximum atomic E-state index is 11.3. The van der Waals surface area contributed by atoms with Crippen molar-refractivity contribution in [2.24, 2.45) is 0 Å². The largest absolute Gasteiger partial charge is 0.446 e. The van der Waals surface area contributed by atoms with Crippen molar-refractivity contribution in [2.75, 3.05) is 13.2 Å². The average Bonchev–Trinajstić information content (AvgIpc) is 2.63. The summed E-state index contributed by atoms with van der Waals surface area (Å²) in [6.07, 6.45) is 2.75. The molecule has 0 spiro atoms. The summed E-state index contributed by atoms with van der Waals surface area (Å²) in [5, 5.41) is 1.46. The van der Waals surface area contributed by atoms with Crippen molar-refractivity contribution in [1.29, 1.82) is 0 Å². The molecular formula is C9H12N4O2. The number of cyclic esters (lactones) is 1. The highest BCUT2D eigenvalue weighted by molar-refractivity contribution is 5.69. The highest BCUT2D eigenvalue weighted by Crippen LogP contribution is 2.23. The van der Waals surface area contributed by atoms with Gasteiger partial charge < -0.3 is 4.74 Å². The summed E-state index contributed by atoms with van der Waals surface area (Å²) in [4.78, 5) is 19.3. The molecule has 1 aliphatic rings. The van der Waals surface area contributed by atoms with Crippen LogP contribution in [0.5, 0.6) is 0 Å². The fourth-order valence-electron chi connectivity index (χ4n) is 1.48. The van der Waals surface area contributed by atoms with E-state index in [2.05, 4.69) is 15.4 Å². The Kier molecular flexibility index (Phi) is 2.77. The summed E-state index contributed by atoms with van der Waals surface area (Å²) in [5.74, 6) is 0. The summed E-state index contributed by atoms with van der Waals surface area (Å²) in [5.41, 5.74) is 3.72. The quantitative estimate of drug-likeness (QED) is 0.783. The molecule has 0 aromatic carbocycles. The van der Waals surface area contributed by atoms with Gasteiger partial charge >= 0.3 is 6.09 Å². The van der Waals surface area contributed by atoms with Crippen LogP contribution < -0.4 is 5.43 Å². The van der Waals surface area contributed by atoms with Crippen LogP contribution in [0.1, 0.15) is 18.7 Å². The molecule has 2 heterocycles. The number of rotatable bonds is 3. The lowest BCUT2D eigenvalue weighted by Crippen LogP contribution is -2.40. The second kappa shape index (κ2) is 4.22. The molecule has 1 saturated heterocycles. The Hall–Kier alpha value is -1.69. The van der Waals surface area contributed by atoms with Crippen molar-refractivity contribution < 1.29 is 9.53 Å². The van der Waals surface area contributed by atoms with E-state index in [9.17, 15) is 4.79 Å². The van der Waals surface area contributed by atoms with Gasteiger partial charge in [-0.25, -0.2) is 25.2 Å². The van der Waals surface area contributed by atoms with Gasteiger partial charge in [-0.2, -0.15) is 0 Å². The maximum absolute atomic E-state index is 11.3. The molecule has 1 fully saturated rings. The van der Waals surface area contributed by atoms with Gasteiger partial charge in [-0.05, 0) is 6.07 Å². The lowest BCUT2D eigenvalue weighted by molar-refractivity contribution is 0.141. The number of aromatic nitrogens is 2. The van der Waals surface area contributed by atoms with Crippen molar-refractivity contribution in [2.45, 2.75) is 13.0 Å². The van der Waals surface area contributed by atoms with Crippen LogP contribution in [0.4, 0.5) is 4.79 Å². The Bertz CT molecular complexity index is 343. The van der Waals surface area contributed by atoms with Crippen molar-refractivity contribution >= 4 is 6.09 Å². The van der Waals surface area contributed by atoms with Gasteiger partial charge in [0.05, 0.1) is 5.69 Å². The number of nitrogens with zero attached hydrogens (tertiary/aromatic N) is 3. The highest BCUT2D eigenvalue weighted by atomic mass is 16.6. The Morgan fingerprint density at radius 3 is 3.27 bits per heavy atom. The van der Waals surface area contributed by atoms with Crippen LogP contribution >= 0.6 is 0 Å². The predicted molar refractivity (Wildman–Crippen MR) is 51.6 cm³/mol. The van der Waals surface area contributed by atoms with Crippen LogP contribution in [0.2, 0.25) is 0 Å². The molecule has 0 aliphatic carbocycles. The number of nitrogens with one attached hydrogen (secondary N) is 1. The molecule has 0 radical (unpaired) electrons. The van der Waals surface area contributed by atoms with E-state index in [1.807, 2.05) is 6.92 Å². The summed E-state index contributed by atoms with van der Waals surface area (Å²) in [6.45, 7) is 2.90. The van der Waals surface area contributed by atoms with Gasteiger partial charge in [0.2, 0.25) is 0 Å². The summed E-state index contributed by atoms with van der Waals surface area (Å²) in [6, 6.07) is 1.61. The minimum Gasteiger partial charge on any atom is -0.446 e. The molecular weight excluding hydrogens is 196 g/mol. The number of carbonyl (C=O) groups excluding carboxylic acids is 1.